The molecular weight excluding hydrogens is 257 g/mol. The summed E-state index contributed by atoms with van der Waals surface area (Å²) in [5, 5.41) is 3.65. The lowest BCUT2D eigenvalue weighted by molar-refractivity contribution is 0.346. The van der Waals surface area contributed by atoms with Gasteiger partial charge in [-0.05, 0) is 31.9 Å². The van der Waals surface area contributed by atoms with E-state index < -0.39 is 5.82 Å². The van der Waals surface area contributed by atoms with Crippen LogP contribution in [0, 0.1) is 5.82 Å². The predicted molar refractivity (Wildman–Crippen MR) is 69.2 cm³/mol. The zero-order valence-electron chi connectivity index (χ0n) is 10.6. The largest absolute Gasteiger partial charge is 0.493 e. The Balaban J connectivity index is 2.33. The lowest BCUT2D eigenvalue weighted by Gasteiger charge is -2.16. The first-order chi connectivity index (χ1) is 8.67. The average Bonchev–Trinajstić information content (AvgIpc) is 2.82. The Bertz CT molecular complexity index is 433. The number of benzene rings is 1. The fraction of sp³-hybridized carbons (Fsp3) is 0.538. The molecule has 1 aromatic carbocycles. The molecule has 1 saturated heterocycles. The topological polar surface area (TPSA) is 30.5 Å². The molecule has 1 heterocycles. The quantitative estimate of drug-likeness (QED) is 0.915. The number of halogens is 2. The van der Waals surface area contributed by atoms with E-state index >= 15 is 0 Å². The Morgan fingerprint density at radius 3 is 2.67 bits per heavy atom. The van der Waals surface area contributed by atoms with Crippen LogP contribution in [0.15, 0.2) is 6.07 Å². The normalized spacial score (nSPS) is 19.0. The molecule has 1 aliphatic heterocycles. The molecule has 1 fully saturated rings. The van der Waals surface area contributed by atoms with Crippen LogP contribution < -0.4 is 14.8 Å². The van der Waals surface area contributed by atoms with Crippen molar-refractivity contribution >= 4 is 11.6 Å². The second kappa shape index (κ2) is 5.76. The van der Waals surface area contributed by atoms with Crippen LogP contribution in [0.3, 0.4) is 0 Å². The highest BCUT2D eigenvalue weighted by atomic mass is 35.5. The first-order valence-electron chi connectivity index (χ1n) is 5.99. The Morgan fingerprint density at radius 2 is 2.11 bits per heavy atom. The van der Waals surface area contributed by atoms with E-state index in [1.54, 1.807) is 6.07 Å². The van der Waals surface area contributed by atoms with Crippen molar-refractivity contribution in [3.63, 3.8) is 0 Å². The van der Waals surface area contributed by atoms with Crippen LogP contribution >= 0.6 is 11.6 Å². The number of hydrogen-bond donors (Lipinski definition) is 1. The van der Waals surface area contributed by atoms with Crippen molar-refractivity contribution in [2.45, 2.75) is 25.3 Å². The molecule has 5 heteroatoms. The lowest BCUT2D eigenvalue weighted by atomic mass is 10.0. The molecular formula is C13H17ClFNO2. The maximum absolute atomic E-state index is 14.1. The van der Waals surface area contributed by atoms with E-state index in [2.05, 4.69) is 5.32 Å². The van der Waals surface area contributed by atoms with Gasteiger partial charge in [0.15, 0.2) is 11.5 Å². The van der Waals surface area contributed by atoms with E-state index in [9.17, 15) is 4.39 Å². The van der Waals surface area contributed by atoms with Gasteiger partial charge in [-0.1, -0.05) is 11.6 Å². The highest BCUT2D eigenvalue weighted by molar-refractivity contribution is 6.32. The summed E-state index contributed by atoms with van der Waals surface area (Å²) in [6.07, 6.45) is 2.96. The zero-order chi connectivity index (χ0) is 13.1. The highest BCUT2D eigenvalue weighted by Gasteiger charge is 2.22. The van der Waals surface area contributed by atoms with Crippen LogP contribution in [0.1, 0.15) is 18.4 Å². The van der Waals surface area contributed by atoms with E-state index in [0.29, 0.717) is 12.5 Å². The van der Waals surface area contributed by atoms with Gasteiger partial charge in [0.2, 0.25) is 5.82 Å². The molecule has 0 saturated carbocycles. The predicted octanol–water partition coefficient (Wildman–Crippen LogP) is 2.79. The summed E-state index contributed by atoms with van der Waals surface area (Å²) in [5.74, 6) is -0.262. The van der Waals surface area contributed by atoms with Crippen molar-refractivity contribution < 1.29 is 13.9 Å². The van der Waals surface area contributed by atoms with Crippen molar-refractivity contribution in [3.8, 4) is 11.5 Å². The third kappa shape index (κ3) is 2.54. The minimum Gasteiger partial charge on any atom is -0.493 e. The van der Waals surface area contributed by atoms with E-state index in [0.717, 1.165) is 24.9 Å². The molecule has 1 aliphatic rings. The summed E-state index contributed by atoms with van der Waals surface area (Å²) in [4.78, 5) is 0. The first-order valence-corrected chi connectivity index (χ1v) is 6.37. The van der Waals surface area contributed by atoms with Gasteiger partial charge < -0.3 is 14.8 Å². The molecule has 1 N–H and O–H groups in total. The van der Waals surface area contributed by atoms with E-state index in [1.165, 1.54) is 14.2 Å². The Kier molecular flexibility index (Phi) is 4.30. The summed E-state index contributed by atoms with van der Waals surface area (Å²) in [6.45, 7) is 1.01. The van der Waals surface area contributed by atoms with Gasteiger partial charge in [0.25, 0.3) is 0 Å². The Hall–Kier alpha value is -1.00. The van der Waals surface area contributed by atoms with Crippen LogP contribution in [0.5, 0.6) is 11.5 Å². The van der Waals surface area contributed by atoms with Crippen LogP contribution in [0.25, 0.3) is 0 Å². The molecule has 3 nitrogen and oxygen atoms in total. The molecule has 1 atom stereocenters. The summed E-state index contributed by atoms with van der Waals surface area (Å²) >= 11 is 6.01. The zero-order valence-corrected chi connectivity index (χ0v) is 11.3. The summed E-state index contributed by atoms with van der Waals surface area (Å²) in [5.41, 5.74) is 0.778. The van der Waals surface area contributed by atoms with Crippen LogP contribution in [-0.2, 0) is 6.42 Å². The highest BCUT2D eigenvalue weighted by Crippen LogP contribution is 2.37. The van der Waals surface area contributed by atoms with Crippen molar-refractivity contribution in [1.29, 1.82) is 0 Å². The summed E-state index contributed by atoms with van der Waals surface area (Å²) < 4.78 is 24.2. The molecule has 0 spiro atoms. The van der Waals surface area contributed by atoms with Crippen molar-refractivity contribution in [3.05, 3.63) is 22.5 Å². The van der Waals surface area contributed by atoms with Gasteiger partial charge in [-0.2, -0.15) is 4.39 Å². The number of nitrogens with one attached hydrogen (secondary N) is 1. The molecule has 0 radical (unpaired) electrons. The molecule has 1 aromatic rings. The molecule has 1 unspecified atom stereocenters. The maximum atomic E-state index is 14.1. The SMILES string of the molecule is COc1c(Cl)cc(CC2CCCN2)c(OC)c1F. The number of rotatable bonds is 4. The minimum atomic E-state index is -0.527. The van der Waals surface area contributed by atoms with E-state index in [1.807, 2.05) is 0 Å². The van der Waals surface area contributed by atoms with Crippen molar-refractivity contribution in [1.82, 2.24) is 5.32 Å². The van der Waals surface area contributed by atoms with Gasteiger partial charge in [0.1, 0.15) is 0 Å². The molecule has 0 bridgehead atoms. The fourth-order valence-corrected chi connectivity index (χ4v) is 2.68. The van der Waals surface area contributed by atoms with Gasteiger partial charge in [0, 0.05) is 11.6 Å². The molecule has 0 amide bonds. The number of hydrogen-bond acceptors (Lipinski definition) is 3. The Labute approximate surface area is 111 Å². The van der Waals surface area contributed by atoms with Gasteiger partial charge >= 0.3 is 0 Å². The van der Waals surface area contributed by atoms with Gasteiger partial charge in [-0.3, -0.25) is 0 Å². The molecule has 2 rings (SSSR count). The van der Waals surface area contributed by atoms with Gasteiger partial charge in [-0.15, -0.1) is 0 Å². The molecule has 0 aliphatic carbocycles. The number of methoxy groups -OCH3 is 2. The van der Waals surface area contributed by atoms with Crippen LogP contribution in [0.2, 0.25) is 5.02 Å². The smallest absolute Gasteiger partial charge is 0.208 e. The summed E-state index contributed by atoms with van der Waals surface area (Å²) in [7, 11) is 2.85. The van der Waals surface area contributed by atoms with Gasteiger partial charge in [0.05, 0.1) is 19.2 Å². The average molecular weight is 274 g/mol. The van der Waals surface area contributed by atoms with Crippen molar-refractivity contribution in [2.24, 2.45) is 0 Å². The van der Waals surface area contributed by atoms with E-state index in [-0.39, 0.29) is 16.5 Å². The van der Waals surface area contributed by atoms with Gasteiger partial charge in [-0.25, -0.2) is 0 Å². The monoisotopic (exact) mass is 273 g/mol. The van der Waals surface area contributed by atoms with Crippen LogP contribution in [-0.4, -0.2) is 26.8 Å². The standard InChI is InChI=1S/C13H17ClFNO2/c1-17-12-8(6-9-4-3-5-16-9)7-10(14)13(18-2)11(12)15/h7,9,16H,3-6H2,1-2H3. The number of ether oxygens (including phenoxy) is 2. The van der Waals surface area contributed by atoms with E-state index in [4.69, 9.17) is 21.1 Å². The second-order valence-corrected chi connectivity index (χ2v) is 4.80. The molecule has 18 heavy (non-hydrogen) atoms. The Morgan fingerprint density at radius 1 is 1.39 bits per heavy atom. The molecule has 100 valence electrons. The van der Waals surface area contributed by atoms with Crippen molar-refractivity contribution in [2.75, 3.05) is 20.8 Å². The van der Waals surface area contributed by atoms with Crippen LogP contribution in [0.4, 0.5) is 4.39 Å². The summed E-state index contributed by atoms with van der Waals surface area (Å²) in [6, 6.07) is 2.09. The first kappa shape index (κ1) is 13.4. The maximum Gasteiger partial charge on any atom is 0.208 e. The molecule has 0 aromatic heterocycles. The fourth-order valence-electron chi connectivity index (χ4n) is 2.39. The lowest BCUT2D eigenvalue weighted by Crippen LogP contribution is -2.24. The third-order valence-electron chi connectivity index (χ3n) is 3.25. The third-order valence-corrected chi connectivity index (χ3v) is 3.53. The minimum absolute atomic E-state index is 0.0386. The second-order valence-electron chi connectivity index (χ2n) is 4.40.